The molecule has 0 spiro atoms. The van der Waals surface area contributed by atoms with E-state index >= 15 is 0 Å². The lowest BCUT2D eigenvalue weighted by Crippen LogP contribution is -2.33. The van der Waals surface area contributed by atoms with Crippen LogP contribution in [-0.2, 0) is 9.63 Å². The van der Waals surface area contributed by atoms with Gasteiger partial charge in [-0.3, -0.25) is 4.79 Å². The SMILES string of the molecule is CC.CNC(CCON)C(C)=O. The zero-order valence-corrected chi connectivity index (χ0v) is 8.39. The molecule has 1 unspecified atom stereocenters. The zero-order valence-electron chi connectivity index (χ0n) is 8.39. The van der Waals surface area contributed by atoms with Gasteiger partial charge in [0.2, 0.25) is 0 Å². The number of nitrogens with two attached hydrogens (primary N) is 1. The number of hydrogen-bond donors (Lipinski definition) is 2. The minimum atomic E-state index is -0.122. The Hall–Kier alpha value is -0.450. The smallest absolute Gasteiger partial charge is 0.146 e. The molecule has 0 aromatic rings. The van der Waals surface area contributed by atoms with Gasteiger partial charge in [-0.15, -0.1) is 0 Å². The van der Waals surface area contributed by atoms with Crippen LogP contribution in [0.2, 0.25) is 0 Å². The molecule has 12 heavy (non-hydrogen) atoms. The minimum absolute atomic E-state index is 0.111. The van der Waals surface area contributed by atoms with Crippen molar-refractivity contribution in [2.24, 2.45) is 5.90 Å². The predicted molar refractivity (Wildman–Crippen MR) is 49.6 cm³/mol. The van der Waals surface area contributed by atoms with Crippen LogP contribution >= 0.6 is 0 Å². The number of ketones is 1. The van der Waals surface area contributed by atoms with Crippen LogP contribution in [0.3, 0.4) is 0 Å². The molecular formula is C8H20N2O2. The summed E-state index contributed by atoms with van der Waals surface area (Å²) in [6.45, 7) is 5.95. The van der Waals surface area contributed by atoms with Crippen molar-refractivity contribution in [1.82, 2.24) is 5.32 Å². The van der Waals surface area contributed by atoms with Gasteiger partial charge in [-0.2, -0.15) is 0 Å². The Morgan fingerprint density at radius 3 is 2.33 bits per heavy atom. The summed E-state index contributed by atoms with van der Waals surface area (Å²) in [5.74, 6) is 4.90. The molecule has 1 atom stereocenters. The summed E-state index contributed by atoms with van der Waals surface area (Å²) < 4.78 is 0. The van der Waals surface area contributed by atoms with Crippen LogP contribution in [0.5, 0.6) is 0 Å². The van der Waals surface area contributed by atoms with Crippen molar-refractivity contribution in [3.8, 4) is 0 Å². The molecule has 0 aromatic carbocycles. The standard InChI is InChI=1S/C6H14N2O2.C2H6/c1-5(9)6(8-2)3-4-10-7;1-2/h6,8H,3-4,7H2,1-2H3;1-2H3. The molecule has 4 heteroatoms. The number of nitrogens with one attached hydrogen (secondary N) is 1. The quantitative estimate of drug-likeness (QED) is 0.598. The molecule has 0 bridgehead atoms. The Labute approximate surface area is 74.4 Å². The molecule has 0 amide bonds. The van der Waals surface area contributed by atoms with Crippen molar-refractivity contribution in [2.45, 2.75) is 33.2 Å². The molecule has 0 saturated carbocycles. The van der Waals surface area contributed by atoms with Gasteiger partial charge >= 0.3 is 0 Å². The molecule has 3 N–H and O–H groups in total. The first kappa shape index (κ1) is 14.1. The van der Waals surface area contributed by atoms with Crippen LogP contribution in [0.1, 0.15) is 27.2 Å². The third-order valence-electron chi connectivity index (χ3n) is 1.36. The van der Waals surface area contributed by atoms with E-state index in [-0.39, 0.29) is 11.8 Å². The van der Waals surface area contributed by atoms with E-state index in [4.69, 9.17) is 5.90 Å². The summed E-state index contributed by atoms with van der Waals surface area (Å²) in [7, 11) is 1.74. The van der Waals surface area contributed by atoms with Crippen molar-refractivity contribution in [1.29, 1.82) is 0 Å². The first-order valence-electron chi connectivity index (χ1n) is 4.21. The maximum absolute atomic E-state index is 10.7. The zero-order chi connectivity index (χ0) is 9.98. The summed E-state index contributed by atoms with van der Waals surface area (Å²) in [6.07, 6.45) is 0.627. The number of likely N-dealkylation sites (N-methyl/N-ethyl adjacent to an activating group) is 1. The fourth-order valence-corrected chi connectivity index (χ4v) is 0.737. The van der Waals surface area contributed by atoms with Crippen molar-refractivity contribution in [3.63, 3.8) is 0 Å². The average molecular weight is 176 g/mol. The summed E-state index contributed by atoms with van der Waals surface area (Å²) in [4.78, 5) is 15.1. The van der Waals surface area contributed by atoms with Crippen molar-refractivity contribution < 1.29 is 9.63 Å². The van der Waals surface area contributed by atoms with Gasteiger partial charge in [-0.25, -0.2) is 5.90 Å². The van der Waals surface area contributed by atoms with Gasteiger partial charge in [0.1, 0.15) is 5.78 Å². The first-order valence-corrected chi connectivity index (χ1v) is 4.21. The van der Waals surface area contributed by atoms with Crippen LogP contribution in [0.25, 0.3) is 0 Å². The van der Waals surface area contributed by atoms with Crippen molar-refractivity contribution in [3.05, 3.63) is 0 Å². The van der Waals surface area contributed by atoms with Gasteiger partial charge in [0.25, 0.3) is 0 Å². The molecule has 0 rings (SSSR count). The number of hydrogen-bond acceptors (Lipinski definition) is 4. The Balaban J connectivity index is 0. The summed E-state index contributed by atoms with van der Waals surface area (Å²) in [5, 5.41) is 2.85. The highest BCUT2D eigenvalue weighted by Gasteiger charge is 2.09. The normalized spacial score (nSPS) is 11.4. The molecule has 0 fully saturated rings. The lowest BCUT2D eigenvalue weighted by Gasteiger charge is -2.10. The van der Waals surface area contributed by atoms with Crippen molar-refractivity contribution in [2.75, 3.05) is 13.7 Å². The molecule has 0 aliphatic heterocycles. The minimum Gasteiger partial charge on any atom is -0.310 e. The summed E-state index contributed by atoms with van der Waals surface area (Å²) >= 11 is 0. The Bertz CT molecular complexity index is 107. The molecule has 4 nitrogen and oxygen atoms in total. The monoisotopic (exact) mass is 176 g/mol. The lowest BCUT2D eigenvalue weighted by atomic mass is 10.1. The molecule has 0 saturated heterocycles. The summed E-state index contributed by atoms with van der Waals surface area (Å²) in [5.41, 5.74) is 0. The molecule has 0 radical (unpaired) electrons. The molecule has 0 aliphatic carbocycles. The largest absolute Gasteiger partial charge is 0.310 e. The van der Waals surface area contributed by atoms with Crippen LogP contribution in [0, 0.1) is 0 Å². The van der Waals surface area contributed by atoms with E-state index in [9.17, 15) is 4.79 Å². The second-order valence-electron chi connectivity index (χ2n) is 2.11. The highest BCUT2D eigenvalue weighted by Crippen LogP contribution is 1.91. The van der Waals surface area contributed by atoms with E-state index in [1.54, 1.807) is 7.05 Å². The van der Waals surface area contributed by atoms with E-state index in [0.717, 1.165) is 0 Å². The van der Waals surface area contributed by atoms with E-state index in [2.05, 4.69) is 10.2 Å². The number of carbonyl (C=O) groups is 1. The highest BCUT2D eigenvalue weighted by atomic mass is 16.6. The Kier molecular flexibility index (Phi) is 12.4. The van der Waals surface area contributed by atoms with Crippen LogP contribution < -0.4 is 11.2 Å². The van der Waals surface area contributed by atoms with Gasteiger partial charge in [-0.05, 0) is 20.4 Å². The van der Waals surface area contributed by atoms with Crippen LogP contribution in [0.15, 0.2) is 0 Å². The van der Waals surface area contributed by atoms with E-state index < -0.39 is 0 Å². The van der Waals surface area contributed by atoms with E-state index in [1.807, 2.05) is 13.8 Å². The number of carbonyl (C=O) groups excluding carboxylic acids is 1. The Morgan fingerprint density at radius 1 is 1.58 bits per heavy atom. The number of Topliss-reactive ketones (excluding diaryl/α,β-unsaturated/α-hetero) is 1. The van der Waals surface area contributed by atoms with Gasteiger partial charge in [0.05, 0.1) is 12.6 Å². The van der Waals surface area contributed by atoms with Crippen LogP contribution in [0.4, 0.5) is 0 Å². The van der Waals surface area contributed by atoms with Crippen LogP contribution in [-0.4, -0.2) is 25.5 Å². The second-order valence-corrected chi connectivity index (χ2v) is 2.11. The van der Waals surface area contributed by atoms with Gasteiger partial charge in [0, 0.05) is 0 Å². The highest BCUT2D eigenvalue weighted by molar-refractivity contribution is 5.81. The topological polar surface area (TPSA) is 64.3 Å². The Morgan fingerprint density at radius 2 is 2.08 bits per heavy atom. The average Bonchev–Trinajstić information content (AvgIpc) is 2.09. The summed E-state index contributed by atoms with van der Waals surface area (Å²) in [6, 6.07) is -0.122. The number of rotatable bonds is 5. The third kappa shape index (κ3) is 7.65. The van der Waals surface area contributed by atoms with E-state index in [0.29, 0.717) is 13.0 Å². The van der Waals surface area contributed by atoms with E-state index in [1.165, 1.54) is 6.92 Å². The van der Waals surface area contributed by atoms with Gasteiger partial charge in [0.15, 0.2) is 0 Å². The van der Waals surface area contributed by atoms with Gasteiger partial charge < -0.3 is 10.2 Å². The molecule has 74 valence electrons. The molecule has 0 aromatic heterocycles. The van der Waals surface area contributed by atoms with Gasteiger partial charge in [-0.1, -0.05) is 13.8 Å². The first-order chi connectivity index (χ1) is 5.72. The fraction of sp³-hybridized carbons (Fsp3) is 0.875. The molecule has 0 aliphatic rings. The second kappa shape index (κ2) is 10.6. The maximum atomic E-state index is 10.7. The fourth-order valence-electron chi connectivity index (χ4n) is 0.737. The molecule has 0 heterocycles. The predicted octanol–water partition coefficient (Wildman–Crippen LogP) is 0.470. The maximum Gasteiger partial charge on any atom is 0.146 e. The van der Waals surface area contributed by atoms with Crippen molar-refractivity contribution >= 4 is 5.78 Å². The molecular weight excluding hydrogens is 156 g/mol. The lowest BCUT2D eigenvalue weighted by molar-refractivity contribution is -0.119. The third-order valence-corrected chi connectivity index (χ3v) is 1.36.